The van der Waals surface area contributed by atoms with E-state index < -0.39 is 18.8 Å². The largest absolute Gasteiger partial charge is 0.487 e. The monoisotopic (exact) mass is 498 g/mol. The lowest BCUT2D eigenvalue weighted by atomic mass is 10.0. The summed E-state index contributed by atoms with van der Waals surface area (Å²) in [5.41, 5.74) is 1.38. The van der Waals surface area contributed by atoms with Crippen LogP contribution in [0.25, 0.3) is 0 Å². The standard InChI is InChI=1S/C25H27N2O5PS/c1-25(2)16-18-10-9-15-21(22(18)31-25)23(27-24(28)29)34-26-17-33(30,20-13-7-4-8-14-20)32-19-11-5-3-6-12-19/h3-15,23,26-27H,16-17H2,1-2H3,(H,28,29). The zero-order valence-corrected chi connectivity index (χ0v) is 20.6. The first-order chi connectivity index (χ1) is 16.3. The Kier molecular flexibility index (Phi) is 7.22. The lowest BCUT2D eigenvalue weighted by molar-refractivity contribution is 0.137. The summed E-state index contributed by atoms with van der Waals surface area (Å²) in [6, 6.07) is 23.7. The van der Waals surface area contributed by atoms with Gasteiger partial charge in [-0.3, -0.25) is 9.29 Å². The van der Waals surface area contributed by atoms with Gasteiger partial charge in [-0.25, -0.2) is 4.79 Å². The van der Waals surface area contributed by atoms with Crippen LogP contribution in [0.2, 0.25) is 0 Å². The van der Waals surface area contributed by atoms with Crippen molar-refractivity contribution < 1.29 is 23.7 Å². The number of ether oxygens (including phenoxy) is 1. The van der Waals surface area contributed by atoms with Gasteiger partial charge in [0, 0.05) is 17.3 Å². The summed E-state index contributed by atoms with van der Waals surface area (Å²) >= 11 is 1.13. The van der Waals surface area contributed by atoms with Gasteiger partial charge in [0.1, 0.15) is 22.5 Å². The number of benzene rings is 3. The van der Waals surface area contributed by atoms with Crippen molar-refractivity contribution in [2.24, 2.45) is 0 Å². The van der Waals surface area contributed by atoms with Gasteiger partial charge in [0.15, 0.2) is 0 Å². The number of amides is 1. The number of rotatable bonds is 9. The molecule has 7 nitrogen and oxygen atoms in total. The molecule has 3 aromatic rings. The number of nitrogens with one attached hydrogen (secondary N) is 2. The number of carbonyl (C=O) groups is 1. The van der Waals surface area contributed by atoms with Gasteiger partial charge in [0.25, 0.3) is 7.37 Å². The van der Waals surface area contributed by atoms with E-state index in [1.807, 2.05) is 68.4 Å². The van der Waals surface area contributed by atoms with E-state index in [2.05, 4.69) is 10.0 Å². The molecule has 0 bridgehead atoms. The summed E-state index contributed by atoms with van der Waals surface area (Å²) in [4.78, 5) is 11.6. The zero-order chi connectivity index (χ0) is 24.2. The zero-order valence-electron chi connectivity index (χ0n) is 18.9. The molecule has 1 heterocycles. The predicted octanol–water partition coefficient (Wildman–Crippen LogP) is 5.54. The summed E-state index contributed by atoms with van der Waals surface area (Å²) in [5.74, 6) is 1.19. The highest BCUT2D eigenvalue weighted by molar-refractivity contribution is 7.97. The van der Waals surface area contributed by atoms with E-state index in [1.165, 1.54) is 0 Å². The van der Waals surface area contributed by atoms with E-state index >= 15 is 0 Å². The van der Waals surface area contributed by atoms with Crippen LogP contribution in [0.4, 0.5) is 4.79 Å². The highest BCUT2D eigenvalue weighted by Crippen LogP contribution is 2.47. The summed E-state index contributed by atoms with van der Waals surface area (Å²) in [5, 5.41) is 11.9. The normalized spacial score (nSPS) is 16.5. The van der Waals surface area contributed by atoms with E-state index in [0.717, 1.165) is 23.9 Å². The lowest BCUT2D eigenvalue weighted by Gasteiger charge is -2.24. The highest BCUT2D eigenvalue weighted by atomic mass is 32.2. The van der Waals surface area contributed by atoms with Crippen molar-refractivity contribution in [2.75, 3.05) is 6.29 Å². The van der Waals surface area contributed by atoms with E-state index in [1.54, 1.807) is 24.3 Å². The van der Waals surface area contributed by atoms with Gasteiger partial charge in [-0.2, -0.15) is 0 Å². The van der Waals surface area contributed by atoms with Crippen LogP contribution in [0, 0.1) is 0 Å². The summed E-state index contributed by atoms with van der Waals surface area (Å²) in [6.07, 6.45) is -0.432. The SMILES string of the molecule is CC1(C)Cc2cccc(C(NC(=O)O)SNCP(=O)(Oc3ccccc3)c3ccccc3)c2O1. The van der Waals surface area contributed by atoms with Crippen LogP contribution in [0.5, 0.6) is 11.5 Å². The second-order valence-corrected chi connectivity index (χ2v) is 11.9. The van der Waals surface area contributed by atoms with Crippen molar-refractivity contribution in [2.45, 2.75) is 31.2 Å². The fourth-order valence-electron chi connectivity index (χ4n) is 3.82. The molecule has 1 aliphatic heterocycles. The Morgan fingerprint density at radius 3 is 2.44 bits per heavy atom. The maximum atomic E-state index is 13.9. The van der Waals surface area contributed by atoms with Crippen LogP contribution in [0.1, 0.15) is 30.3 Å². The van der Waals surface area contributed by atoms with E-state index in [9.17, 15) is 14.5 Å². The average Bonchev–Trinajstić information content (AvgIpc) is 3.13. The second-order valence-electron chi connectivity index (χ2n) is 8.54. The Morgan fingerprint density at radius 2 is 1.76 bits per heavy atom. The third kappa shape index (κ3) is 5.76. The molecule has 0 saturated carbocycles. The molecule has 0 spiro atoms. The Hall–Kier alpha value is -2.93. The quantitative estimate of drug-likeness (QED) is 0.202. The molecule has 0 radical (unpaired) electrons. The summed E-state index contributed by atoms with van der Waals surface area (Å²) < 4.78 is 29.2. The number of hydrogen-bond donors (Lipinski definition) is 3. The number of hydrogen-bond acceptors (Lipinski definition) is 6. The predicted molar refractivity (Wildman–Crippen MR) is 135 cm³/mol. The van der Waals surface area contributed by atoms with Crippen molar-refractivity contribution in [3.8, 4) is 11.5 Å². The Morgan fingerprint density at radius 1 is 1.09 bits per heavy atom. The van der Waals surface area contributed by atoms with Crippen LogP contribution in [-0.4, -0.2) is 23.1 Å². The molecule has 2 unspecified atom stereocenters. The molecular weight excluding hydrogens is 471 g/mol. The first kappa shape index (κ1) is 24.2. The molecular formula is C25H27N2O5PS. The van der Waals surface area contributed by atoms with Crippen molar-refractivity contribution in [3.63, 3.8) is 0 Å². The third-order valence-electron chi connectivity index (χ3n) is 5.28. The van der Waals surface area contributed by atoms with Gasteiger partial charge in [-0.05, 0) is 43.7 Å². The minimum Gasteiger partial charge on any atom is -0.487 e. The Bertz CT molecular complexity index is 1190. The second kappa shape index (κ2) is 10.1. The number of para-hydroxylation sites is 2. The highest BCUT2D eigenvalue weighted by Gasteiger charge is 2.34. The molecule has 0 saturated heterocycles. The van der Waals surface area contributed by atoms with E-state index in [0.29, 0.717) is 22.4 Å². The summed E-state index contributed by atoms with van der Waals surface area (Å²) in [6.45, 7) is 4.00. The summed E-state index contributed by atoms with van der Waals surface area (Å²) in [7, 11) is -3.35. The van der Waals surface area contributed by atoms with Crippen LogP contribution >= 0.6 is 19.3 Å². The van der Waals surface area contributed by atoms with Crippen molar-refractivity contribution in [3.05, 3.63) is 90.0 Å². The molecule has 178 valence electrons. The molecule has 0 aliphatic carbocycles. The van der Waals surface area contributed by atoms with Gasteiger partial charge in [-0.15, -0.1) is 0 Å². The van der Waals surface area contributed by atoms with E-state index in [4.69, 9.17) is 9.26 Å². The molecule has 0 aromatic heterocycles. The first-order valence-electron chi connectivity index (χ1n) is 10.8. The van der Waals surface area contributed by atoms with Crippen molar-refractivity contribution in [1.29, 1.82) is 0 Å². The van der Waals surface area contributed by atoms with Crippen LogP contribution in [0.3, 0.4) is 0 Å². The van der Waals surface area contributed by atoms with Gasteiger partial charge in [0.2, 0.25) is 0 Å². The van der Waals surface area contributed by atoms with Crippen molar-refractivity contribution >= 4 is 30.7 Å². The lowest BCUT2D eigenvalue weighted by Crippen LogP contribution is -2.29. The number of fused-ring (bicyclic) bond motifs is 1. The molecule has 0 fully saturated rings. The molecule has 3 aromatic carbocycles. The topological polar surface area (TPSA) is 96.9 Å². The molecule has 4 rings (SSSR count). The third-order valence-corrected chi connectivity index (χ3v) is 8.58. The molecule has 9 heteroatoms. The van der Waals surface area contributed by atoms with E-state index in [-0.39, 0.29) is 11.9 Å². The maximum Gasteiger partial charge on any atom is 0.405 e. The first-order valence-corrected chi connectivity index (χ1v) is 13.5. The fraction of sp³-hybridized carbons (Fsp3) is 0.240. The van der Waals surface area contributed by atoms with Gasteiger partial charge >= 0.3 is 6.09 Å². The maximum absolute atomic E-state index is 13.9. The minimum absolute atomic E-state index is 0.00422. The molecule has 1 amide bonds. The van der Waals surface area contributed by atoms with Gasteiger partial charge in [-0.1, -0.05) is 66.5 Å². The van der Waals surface area contributed by atoms with Crippen LogP contribution < -0.4 is 24.6 Å². The molecule has 34 heavy (non-hydrogen) atoms. The minimum atomic E-state index is -3.35. The fourth-order valence-corrected chi connectivity index (χ4v) is 6.88. The van der Waals surface area contributed by atoms with Crippen LogP contribution in [-0.2, 0) is 11.0 Å². The average molecular weight is 499 g/mol. The molecule has 1 aliphatic rings. The van der Waals surface area contributed by atoms with Gasteiger partial charge in [0.05, 0.1) is 6.29 Å². The smallest absolute Gasteiger partial charge is 0.405 e. The van der Waals surface area contributed by atoms with Crippen molar-refractivity contribution in [1.82, 2.24) is 10.0 Å². The Balaban J connectivity index is 1.55. The van der Waals surface area contributed by atoms with Crippen LogP contribution in [0.15, 0.2) is 78.9 Å². The van der Waals surface area contributed by atoms with Gasteiger partial charge < -0.3 is 19.7 Å². The Labute approximate surface area is 203 Å². The molecule has 3 N–H and O–H groups in total. The molecule has 2 atom stereocenters. The number of carboxylic acid groups (broad SMARTS) is 1.